The lowest BCUT2D eigenvalue weighted by atomic mass is 10.1. The normalized spacial score (nSPS) is 17.9. The Balaban J connectivity index is 2.74. The van der Waals surface area contributed by atoms with Crippen molar-refractivity contribution >= 4 is 17.1 Å². The Kier molecular flexibility index (Phi) is 2.14. The minimum atomic E-state index is -0.177. The zero-order chi connectivity index (χ0) is 6.69. The largest absolute Gasteiger partial charge is 0.232 e. The van der Waals surface area contributed by atoms with Gasteiger partial charge in [-0.1, -0.05) is 30.4 Å². The second kappa shape index (κ2) is 2.90. The van der Waals surface area contributed by atoms with Gasteiger partial charge in [0.2, 0.25) is 0 Å². The molecular formula is C7H7OS. The zero-order valence-electron chi connectivity index (χ0n) is 4.96. The molecule has 2 heteroatoms. The van der Waals surface area contributed by atoms with Crippen LogP contribution in [0.3, 0.4) is 0 Å². The van der Waals surface area contributed by atoms with Gasteiger partial charge in [0.25, 0.3) is 0 Å². The summed E-state index contributed by atoms with van der Waals surface area (Å²) in [5.41, 5.74) is 0.771. The van der Waals surface area contributed by atoms with Gasteiger partial charge >= 0.3 is 0 Å². The van der Waals surface area contributed by atoms with Crippen LogP contribution < -0.4 is 0 Å². The van der Waals surface area contributed by atoms with Crippen molar-refractivity contribution in [3.05, 3.63) is 23.8 Å². The molecule has 0 aromatic rings. The molecular weight excluding hydrogens is 132 g/mol. The number of hydrogen-bond acceptors (Lipinski definition) is 1. The van der Waals surface area contributed by atoms with Gasteiger partial charge in [-0.05, 0) is 5.57 Å². The highest BCUT2D eigenvalue weighted by molar-refractivity contribution is 7.80. The molecule has 1 rings (SSSR count). The Morgan fingerprint density at radius 2 is 2.44 bits per heavy atom. The van der Waals surface area contributed by atoms with E-state index in [1.165, 1.54) is 0 Å². The molecule has 0 saturated heterocycles. The van der Waals surface area contributed by atoms with Crippen molar-refractivity contribution in [1.82, 2.24) is 0 Å². The molecule has 1 aliphatic carbocycles. The monoisotopic (exact) mass is 139 g/mol. The van der Waals surface area contributed by atoms with Crippen LogP contribution >= 0.6 is 12.2 Å². The van der Waals surface area contributed by atoms with Gasteiger partial charge in [-0.3, -0.25) is 0 Å². The third kappa shape index (κ3) is 1.47. The van der Waals surface area contributed by atoms with E-state index in [1.807, 2.05) is 12.2 Å². The molecule has 1 aliphatic rings. The molecule has 0 spiro atoms. The first kappa shape index (κ1) is 6.65. The van der Waals surface area contributed by atoms with Crippen LogP contribution in [0.5, 0.6) is 0 Å². The molecule has 0 unspecified atom stereocenters. The van der Waals surface area contributed by atoms with E-state index < -0.39 is 0 Å². The quantitative estimate of drug-likeness (QED) is 0.506. The van der Waals surface area contributed by atoms with Crippen molar-refractivity contribution < 1.29 is 5.11 Å². The van der Waals surface area contributed by atoms with E-state index in [1.54, 1.807) is 6.08 Å². The Bertz CT molecular complexity index is 179. The minimum Gasteiger partial charge on any atom is -0.232 e. The van der Waals surface area contributed by atoms with Crippen LogP contribution in [0.15, 0.2) is 23.8 Å². The SMILES string of the molecule is [O]CC1=CC=CCC1=S. The predicted octanol–water partition coefficient (Wildman–Crippen LogP) is 1.67. The van der Waals surface area contributed by atoms with Gasteiger partial charge in [0.15, 0.2) is 0 Å². The van der Waals surface area contributed by atoms with Crippen molar-refractivity contribution in [3.63, 3.8) is 0 Å². The maximum atomic E-state index is 10.3. The highest BCUT2D eigenvalue weighted by atomic mass is 32.1. The van der Waals surface area contributed by atoms with E-state index >= 15 is 0 Å². The van der Waals surface area contributed by atoms with Gasteiger partial charge in [-0.2, -0.15) is 0 Å². The summed E-state index contributed by atoms with van der Waals surface area (Å²) in [6, 6.07) is 0. The minimum absolute atomic E-state index is 0.177. The topological polar surface area (TPSA) is 19.9 Å². The predicted molar refractivity (Wildman–Crippen MR) is 40.0 cm³/mol. The van der Waals surface area contributed by atoms with Crippen molar-refractivity contribution in [2.75, 3.05) is 6.61 Å². The molecule has 0 bridgehead atoms. The Morgan fingerprint density at radius 1 is 1.67 bits per heavy atom. The molecule has 0 saturated carbocycles. The van der Waals surface area contributed by atoms with E-state index in [4.69, 9.17) is 12.2 Å². The van der Waals surface area contributed by atoms with Crippen molar-refractivity contribution in [1.29, 1.82) is 0 Å². The Hall–Kier alpha value is -0.470. The summed E-state index contributed by atoms with van der Waals surface area (Å²) < 4.78 is 0. The Labute approximate surface area is 59.7 Å². The lowest BCUT2D eigenvalue weighted by molar-refractivity contribution is 0.228. The molecule has 0 aromatic heterocycles. The van der Waals surface area contributed by atoms with Crippen LogP contribution in [0.2, 0.25) is 0 Å². The summed E-state index contributed by atoms with van der Waals surface area (Å²) in [6.07, 6.45) is 6.40. The lowest BCUT2D eigenvalue weighted by Gasteiger charge is -2.04. The molecule has 0 amide bonds. The first-order chi connectivity index (χ1) is 4.34. The zero-order valence-corrected chi connectivity index (χ0v) is 5.78. The summed E-state index contributed by atoms with van der Waals surface area (Å²) in [7, 11) is 0. The third-order valence-corrected chi connectivity index (χ3v) is 1.68. The summed E-state index contributed by atoms with van der Waals surface area (Å²) >= 11 is 4.91. The van der Waals surface area contributed by atoms with E-state index in [9.17, 15) is 5.11 Å². The van der Waals surface area contributed by atoms with Crippen LogP contribution in [0, 0.1) is 0 Å². The van der Waals surface area contributed by atoms with Gasteiger partial charge in [-0.25, -0.2) is 5.11 Å². The fourth-order valence-corrected chi connectivity index (χ4v) is 0.935. The second-order valence-corrected chi connectivity index (χ2v) is 2.38. The Morgan fingerprint density at radius 3 is 2.89 bits per heavy atom. The lowest BCUT2D eigenvalue weighted by Crippen LogP contribution is -2.03. The van der Waals surface area contributed by atoms with Crippen LogP contribution in [-0.4, -0.2) is 11.5 Å². The fourth-order valence-electron chi connectivity index (χ4n) is 0.712. The molecule has 0 atom stereocenters. The van der Waals surface area contributed by atoms with E-state index in [2.05, 4.69) is 0 Å². The summed E-state index contributed by atoms with van der Waals surface area (Å²) in [5.74, 6) is 0. The molecule has 0 heterocycles. The third-order valence-electron chi connectivity index (χ3n) is 1.25. The van der Waals surface area contributed by atoms with Crippen molar-refractivity contribution in [2.24, 2.45) is 0 Å². The standard InChI is InChI=1S/C7H7OS/c8-5-6-3-1-2-4-7(6)9/h1-3H,4-5H2. The van der Waals surface area contributed by atoms with Crippen molar-refractivity contribution in [3.8, 4) is 0 Å². The second-order valence-electron chi connectivity index (χ2n) is 1.89. The van der Waals surface area contributed by atoms with Crippen LogP contribution in [0.4, 0.5) is 0 Å². The van der Waals surface area contributed by atoms with Crippen LogP contribution in [0.1, 0.15) is 6.42 Å². The van der Waals surface area contributed by atoms with Gasteiger partial charge in [0.05, 0.1) is 0 Å². The summed E-state index contributed by atoms with van der Waals surface area (Å²) in [4.78, 5) is 0.799. The number of allylic oxidation sites excluding steroid dienone is 3. The molecule has 1 radical (unpaired) electrons. The van der Waals surface area contributed by atoms with E-state index in [0.29, 0.717) is 0 Å². The van der Waals surface area contributed by atoms with E-state index in [0.717, 1.165) is 16.9 Å². The first-order valence-corrected chi connectivity index (χ1v) is 3.22. The van der Waals surface area contributed by atoms with Gasteiger partial charge in [-0.15, -0.1) is 0 Å². The maximum Gasteiger partial charge on any atom is 0.108 e. The molecule has 0 aromatic carbocycles. The smallest absolute Gasteiger partial charge is 0.108 e. The molecule has 47 valence electrons. The molecule has 9 heavy (non-hydrogen) atoms. The van der Waals surface area contributed by atoms with E-state index in [-0.39, 0.29) is 6.61 Å². The number of hydrogen-bond donors (Lipinski definition) is 0. The number of thiocarbonyl (C=S) groups is 1. The summed E-state index contributed by atoms with van der Waals surface area (Å²) in [6.45, 7) is -0.177. The average molecular weight is 139 g/mol. The van der Waals surface area contributed by atoms with Crippen LogP contribution in [-0.2, 0) is 5.11 Å². The molecule has 0 fully saturated rings. The highest BCUT2D eigenvalue weighted by Gasteiger charge is 2.03. The molecule has 0 N–H and O–H groups in total. The maximum absolute atomic E-state index is 10.3. The van der Waals surface area contributed by atoms with Crippen LogP contribution in [0.25, 0.3) is 0 Å². The summed E-state index contributed by atoms with van der Waals surface area (Å²) in [5, 5.41) is 10.3. The van der Waals surface area contributed by atoms with Crippen molar-refractivity contribution in [2.45, 2.75) is 6.42 Å². The van der Waals surface area contributed by atoms with Gasteiger partial charge < -0.3 is 0 Å². The first-order valence-electron chi connectivity index (χ1n) is 2.81. The molecule has 0 aliphatic heterocycles. The fraction of sp³-hybridized carbons (Fsp3) is 0.286. The molecule has 1 nitrogen and oxygen atoms in total. The van der Waals surface area contributed by atoms with Gasteiger partial charge in [0, 0.05) is 11.3 Å². The average Bonchev–Trinajstić information content (AvgIpc) is 1.89. The highest BCUT2D eigenvalue weighted by Crippen LogP contribution is 2.08. The number of rotatable bonds is 1. The van der Waals surface area contributed by atoms with Gasteiger partial charge in [0.1, 0.15) is 6.61 Å².